The number of benzene rings is 1. The van der Waals surface area contributed by atoms with Crippen molar-refractivity contribution in [1.29, 1.82) is 0 Å². The van der Waals surface area contributed by atoms with Gasteiger partial charge in [0.25, 0.3) is 0 Å². The molecule has 8 heteroatoms. The maximum atomic E-state index is 5.37. The smallest absolute Gasteiger partial charge is 0.205 e. The third kappa shape index (κ3) is 2.60. The summed E-state index contributed by atoms with van der Waals surface area (Å²) in [5, 5.41) is 20.0. The number of fused-ring (bicyclic) bond motifs is 1. The second kappa shape index (κ2) is 5.64. The molecule has 7 nitrogen and oxygen atoms in total. The first-order chi connectivity index (χ1) is 10.6. The van der Waals surface area contributed by atoms with Gasteiger partial charge >= 0.3 is 0 Å². The van der Waals surface area contributed by atoms with E-state index in [1.807, 2.05) is 45.0 Å². The molecule has 0 radical (unpaired) electrons. The highest BCUT2D eigenvalue weighted by Crippen LogP contribution is 2.19. The van der Waals surface area contributed by atoms with E-state index in [1.165, 1.54) is 0 Å². The van der Waals surface area contributed by atoms with Gasteiger partial charge in [-0.2, -0.15) is 5.10 Å². The van der Waals surface area contributed by atoms with Crippen LogP contribution in [0, 0.1) is 20.8 Å². The first-order valence-corrected chi connectivity index (χ1v) is 7.15. The van der Waals surface area contributed by atoms with Crippen molar-refractivity contribution in [2.75, 3.05) is 10.7 Å². The number of thiocarbonyl (C=S) groups is 1. The molecule has 22 heavy (non-hydrogen) atoms. The zero-order valence-electron chi connectivity index (χ0n) is 12.5. The van der Waals surface area contributed by atoms with Gasteiger partial charge in [0.2, 0.25) is 5.82 Å². The Morgan fingerprint density at radius 3 is 2.59 bits per heavy atom. The zero-order valence-corrected chi connectivity index (χ0v) is 13.3. The van der Waals surface area contributed by atoms with Crippen molar-refractivity contribution in [3.8, 4) is 11.5 Å². The molecule has 0 saturated carbocycles. The summed E-state index contributed by atoms with van der Waals surface area (Å²) in [5.74, 6) is 1.24. The van der Waals surface area contributed by atoms with Crippen LogP contribution in [0.3, 0.4) is 0 Å². The molecule has 3 rings (SSSR count). The van der Waals surface area contributed by atoms with Gasteiger partial charge in [-0.25, -0.2) is 4.68 Å². The van der Waals surface area contributed by atoms with Crippen molar-refractivity contribution in [3.05, 3.63) is 41.3 Å². The van der Waals surface area contributed by atoms with Crippen molar-refractivity contribution in [2.45, 2.75) is 20.8 Å². The Hall–Kier alpha value is -2.61. The normalized spacial score (nSPS) is 10.7. The summed E-state index contributed by atoms with van der Waals surface area (Å²) >= 11 is 5.37. The zero-order chi connectivity index (χ0) is 15.7. The predicted molar refractivity (Wildman–Crippen MR) is 88.5 cm³/mol. The second-order valence-corrected chi connectivity index (χ2v) is 5.33. The van der Waals surface area contributed by atoms with E-state index in [2.05, 4.69) is 31.1 Å². The number of nitrogens with one attached hydrogen (secondary N) is 2. The molecule has 0 fully saturated rings. The molecule has 0 bridgehead atoms. The van der Waals surface area contributed by atoms with Gasteiger partial charge in [0.05, 0.1) is 5.69 Å². The molecular weight excluding hydrogens is 298 g/mol. The number of para-hydroxylation sites is 1. The Bertz CT molecular complexity index is 811. The first-order valence-electron chi connectivity index (χ1n) is 6.75. The Morgan fingerprint density at radius 1 is 1.05 bits per heavy atom. The summed E-state index contributed by atoms with van der Waals surface area (Å²) in [6.45, 7) is 5.68. The Balaban J connectivity index is 1.85. The molecule has 0 unspecified atom stereocenters. The fourth-order valence-corrected chi connectivity index (χ4v) is 2.27. The van der Waals surface area contributed by atoms with E-state index in [0.29, 0.717) is 22.5 Å². The van der Waals surface area contributed by atoms with Crippen LogP contribution < -0.4 is 10.7 Å². The maximum Gasteiger partial charge on any atom is 0.205 e. The number of aromatic nitrogens is 5. The highest BCUT2D eigenvalue weighted by atomic mass is 32.1. The third-order valence-corrected chi connectivity index (χ3v) is 3.48. The van der Waals surface area contributed by atoms with Gasteiger partial charge in [0, 0.05) is 5.69 Å². The van der Waals surface area contributed by atoms with Crippen LogP contribution in [0.15, 0.2) is 24.3 Å². The van der Waals surface area contributed by atoms with Crippen LogP contribution in [0.25, 0.3) is 11.5 Å². The lowest BCUT2D eigenvalue weighted by Crippen LogP contribution is -2.31. The quantitative estimate of drug-likeness (QED) is 0.701. The molecule has 0 atom stereocenters. The third-order valence-electron chi connectivity index (χ3n) is 3.29. The Labute approximate surface area is 133 Å². The van der Waals surface area contributed by atoms with Crippen LogP contribution in [0.5, 0.6) is 0 Å². The lowest BCUT2D eigenvalue weighted by Gasteiger charge is -2.17. The Morgan fingerprint density at radius 2 is 1.82 bits per heavy atom. The van der Waals surface area contributed by atoms with Crippen LogP contribution in [0.4, 0.5) is 5.69 Å². The molecule has 0 saturated heterocycles. The number of rotatable bonds is 2. The first kappa shape index (κ1) is 14.3. The minimum atomic E-state index is 0.442. The number of aryl methyl sites for hydroxylation is 3. The van der Waals surface area contributed by atoms with Gasteiger partial charge in [0.1, 0.15) is 5.82 Å². The summed E-state index contributed by atoms with van der Waals surface area (Å²) in [5.41, 5.74) is 6.51. The molecule has 2 N–H and O–H groups in total. The molecule has 1 aromatic rings. The van der Waals surface area contributed by atoms with Crippen LogP contribution in [0.2, 0.25) is 0 Å². The molecule has 112 valence electrons. The van der Waals surface area contributed by atoms with Crippen molar-refractivity contribution >= 4 is 23.0 Å². The van der Waals surface area contributed by atoms with E-state index < -0.39 is 0 Å². The molecule has 1 aromatic carbocycles. The van der Waals surface area contributed by atoms with E-state index in [4.69, 9.17) is 12.2 Å². The van der Waals surface area contributed by atoms with Crippen molar-refractivity contribution in [2.24, 2.45) is 0 Å². The molecule has 0 spiro atoms. The topological polar surface area (TPSA) is 80.5 Å². The maximum absolute atomic E-state index is 5.37. The minimum absolute atomic E-state index is 0.442. The molecule has 0 aliphatic carbocycles. The second-order valence-electron chi connectivity index (χ2n) is 4.92. The van der Waals surface area contributed by atoms with E-state index >= 15 is 0 Å². The van der Waals surface area contributed by atoms with Crippen LogP contribution in [-0.4, -0.2) is 30.2 Å². The number of anilines is 1. The monoisotopic (exact) mass is 313 g/mol. The summed E-state index contributed by atoms with van der Waals surface area (Å²) in [7, 11) is 0. The van der Waals surface area contributed by atoms with Gasteiger partial charge in [-0.3, -0.25) is 5.43 Å². The van der Waals surface area contributed by atoms with Crippen molar-refractivity contribution in [1.82, 2.24) is 25.1 Å². The molecular formula is C14H15N7S. The van der Waals surface area contributed by atoms with Crippen molar-refractivity contribution < 1.29 is 0 Å². The van der Waals surface area contributed by atoms with Crippen LogP contribution in [0.1, 0.15) is 17.1 Å². The van der Waals surface area contributed by atoms with E-state index in [9.17, 15) is 0 Å². The SMILES string of the molecule is Cc1ccccc1NC(=S)Nn1c(C)nnc2c(C)nnc1-2. The number of hydrogen-bond acceptors (Lipinski definition) is 5. The molecule has 0 amide bonds. The van der Waals surface area contributed by atoms with E-state index in [-0.39, 0.29) is 0 Å². The molecule has 2 aliphatic heterocycles. The fourth-order valence-electron chi connectivity index (χ4n) is 2.07. The minimum Gasteiger partial charge on any atom is -0.331 e. The van der Waals surface area contributed by atoms with Gasteiger partial charge in [-0.05, 0) is 44.6 Å². The standard InChI is InChI=1S/C14H15N7S/c1-8-6-4-5-7-11(8)15-14(22)20-21-10(3)17-18-12-9(2)16-19-13(12)21/h4-7H,1-3H3,(H2,15,20,22). The highest BCUT2D eigenvalue weighted by Gasteiger charge is 2.19. The average molecular weight is 313 g/mol. The highest BCUT2D eigenvalue weighted by molar-refractivity contribution is 7.80. The van der Waals surface area contributed by atoms with E-state index in [0.717, 1.165) is 16.9 Å². The fraction of sp³-hybridized carbons (Fsp3) is 0.214. The van der Waals surface area contributed by atoms with Gasteiger partial charge < -0.3 is 5.32 Å². The molecule has 2 aliphatic rings. The van der Waals surface area contributed by atoms with E-state index in [1.54, 1.807) is 4.68 Å². The number of nitrogens with zero attached hydrogens (tertiary/aromatic N) is 5. The van der Waals surface area contributed by atoms with Crippen LogP contribution >= 0.6 is 12.2 Å². The molecule has 2 heterocycles. The number of hydrogen-bond donors (Lipinski definition) is 2. The summed E-state index contributed by atoms with van der Waals surface area (Å²) in [4.78, 5) is 0. The van der Waals surface area contributed by atoms with Gasteiger partial charge in [-0.15, -0.1) is 15.3 Å². The summed E-state index contributed by atoms with van der Waals surface area (Å²) in [6.07, 6.45) is 0. The van der Waals surface area contributed by atoms with Crippen molar-refractivity contribution in [3.63, 3.8) is 0 Å². The Kier molecular flexibility index (Phi) is 3.68. The lowest BCUT2D eigenvalue weighted by atomic mass is 10.2. The van der Waals surface area contributed by atoms with Crippen LogP contribution in [-0.2, 0) is 0 Å². The lowest BCUT2D eigenvalue weighted by molar-refractivity contribution is 0.780. The molecule has 0 aromatic heterocycles. The largest absolute Gasteiger partial charge is 0.331 e. The summed E-state index contributed by atoms with van der Waals surface area (Å²) in [6, 6.07) is 7.92. The summed E-state index contributed by atoms with van der Waals surface area (Å²) < 4.78 is 1.68. The predicted octanol–water partition coefficient (Wildman–Crippen LogP) is 2.04. The van der Waals surface area contributed by atoms with Gasteiger partial charge in [-0.1, -0.05) is 18.2 Å². The van der Waals surface area contributed by atoms with Gasteiger partial charge in [0.15, 0.2) is 10.8 Å². The average Bonchev–Trinajstić information content (AvgIpc) is 2.86.